The van der Waals surface area contributed by atoms with E-state index in [4.69, 9.17) is 9.47 Å². The zero-order chi connectivity index (χ0) is 13.7. The molecule has 0 atom stereocenters. The molecular formula is C15H17NO3. The summed E-state index contributed by atoms with van der Waals surface area (Å²) in [6, 6.07) is 11.1. The molecule has 0 bridgehead atoms. The van der Waals surface area contributed by atoms with Crippen LogP contribution in [0, 0.1) is 6.92 Å². The number of rotatable bonds is 5. The lowest BCUT2D eigenvalue weighted by Gasteiger charge is -2.10. The molecule has 0 aliphatic carbocycles. The summed E-state index contributed by atoms with van der Waals surface area (Å²) >= 11 is 0. The van der Waals surface area contributed by atoms with Crippen LogP contribution in [-0.4, -0.2) is 17.2 Å². The number of hydrogen-bond acceptors (Lipinski definition) is 4. The molecule has 100 valence electrons. The molecule has 0 fully saturated rings. The second-order valence-corrected chi connectivity index (χ2v) is 4.19. The number of hydrogen-bond donors (Lipinski definition) is 1. The molecule has 0 saturated carbocycles. The summed E-state index contributed by atoms with van der Waals surface area (Å²) in [5, 5.41) is 9.23. The van der Waals surface area contributed by atoms with Gasteiger partial charge in [0.15, 0.2) is 0 Å². The quantitative estimate of drug-likeness (QED) is 0.896. The van der Waals surface area contributed by atoms with Gasteiger partial charge in [0, 0.05) is 23.4 Å². The van der Waals surface area contributed by atoms with E-state index in [-0.39, 0.29) is 6.61 Å². The maximum atomic E-state index is 9.23. The van der Waals surface area contributed by atoms with E-state index in [1.165, 1.54) is 0 Å². The molecule has 1 aromatic heterocycles. The van der Waals surface area contributed by atoms with Gasteiger partial charge in [-0.25, -0.2) is 0 Å². The molecule has 0 spiro atoms. The average Bonchev–Trinajstić information content (AvgIpc) is 2.44. The molecule has 19 heavy (non-hydrogen) atoms. The number of ether oxygens (including phenoxy) is 2. The Kier molecular flexibility index (Phi) is 4.36. The number of aromatic nitrogens is 1. The Labute approximate surface area is 112 Å². The SMILES string of the molecule is COc1cc(C)nc(COc2ccccc2CO)c1. The first-order valence-electron chi connectivity index (χ1n) is 6.06. The maximum Gasteiger partial charge on any atom is 0.130 e. The summed E-state index contributed by atoms with van der Waals surface area (Å²) in [6.07, 6.45) is 0. The molecule has 1 aromatic carbocycles. The number of aryl methyl sites for hydroxylation is 1. The highest BCUT2D eigenvalue weighted by Crippen LogP contribution is 2.20. The number of benzene rings is 1. The highest BCUT2D eigenvalue weighted by Gasteiger charge is 2.04. The van der Waals surface area contributed by atoms with Gasteiger partial charge in [-0.1, -0.05) is 18.2 Å². The van der Waals surface area contributed by atoms with Crippen molar-refractivity contribution >= 4 is 0 Å². The minimum Gasteiger partial charge on any atom is -0.497 e. The van der Waals surface area contributed by atoms with Crippen molar-refractivity contribution in [1.82, 2.24) is 4.98 Å². The minimum absolute atomic E-state index is 0.0409. The first-order chi connectivity index (χ1) is 9.22. The zero-order valence-corrected chi connectivity index (χ0v) is 11.1. The molecule has 0 aliphatic rings. The molecule has 0 amide bonds. The van der Waals surface area contributed by atoms with E-state index in [1.807, 2.05) is 43.3 Å². The fourth-order valence-electron chi connectivity index (χ4n) is 1.82. The molecule has 0 unspecified atom stereocenters. The van der Waals surface area contributed by atoms with E-state index in [9.17, 15) is 5.11 Å². The lowest BCUT2D eigenvalue weighted by Crippen LogP contribution is -2.02. The summed E-state index contributed by atoms with van der Waals surface area (Å²) in [4.78, 5) is 4.38. The number of methoxy groups -OCH3 is 1. The third kappa shape index (κ3) is 3.45. The first kappa shape index (κ1) is 13.4. The number of nitrogens with zero attached hydrogens (tertiary/aromatic N) is 1. The number of para-hydroxylation sites is 1. The van der Waals surface area contributed by atoms with Crippen LogP contribution in [0.2, 0.25) is 0 Å². The Bertz CT molecular complexity index is 555. The molecule has 0 radical (unpaired) electrons. The zero-order valence-electron chi connectivity index (χ0n) is 11.1. The van der Waals surface area contributed by atoms with Crippen LogP contribution in [-0.2, 0) is 13.2 Å². The van der Waals surface area contributed by atoms with Crippen LogP contribution in [0.3, 0.4) is 0 Å². The highest BCUT2D eigenvalue weighted by atomic mass is 16.5. The fourth-order valence-corrected chi connectivity index (χ4v) is 1.82. The van der Waals surface area contributed by atoms with Crippen LogP contribution < -0.4 is 9.47 Å². The molecule has 0 aliphatic heterocycles. The molecule has 2 aromatic rings. The lowest BCUT2D eigenvalue weighted by atomic mass is 10.2. The fraction of sp³-hybridized carbons (Fsp3) is 0.267. The van der Waals surface area contributed by atoms with Gasteiger partial charge in [-0.3, -0.25) is 4.98 Å². The van der Waals surface area contributed by atoms with Crippen molar-refractivity contribution in [2.45, 2.75) is 20.1 Å². The Balaban J connectivity index is 2.12. The van der Waals surface area contributed by atoms with Gasteiger partial charge in [0.2, 0.25) is 0 Å². The lowest BCUT2D eigenvalue weighted by molar-refractivity contribution is 0.257. The van der Waals surface area contributed by atoms with Crippen LogP contribution in [0.1, 0.15) is 17.0 Å². The van der Waals surface area contributed by atoms with Crippen molar-refractivity contribution in [2.24, 2.45) is 0 Å². The second-order valence-electron chi connectivity index (χ2n) is 4.19. The number of pyridine rings is 1. The van der Waals surface area contributed by atoms with Crippen molar-refractivity contribution in [3.8, 4) is 11.5 Å². The number of aliphatic hydroxyl groups is 1. The van der Waals surface area contributed by atoms with E-state index in [2.05, 4.69) is 4.98 Å². The largest absolute Gasteiger partial charge is 0.497 e. The highest BCUT2D eigenvalue weighted by molar-refractivity contribution is 5.33. The van der Waals surface area contributed by atoms with Crippen LogP contribution in [0.4, 0.5) is 0 Å². The monoisotopic (exact) mass is 259 g/mol. The van der Waals surface area contributed by atoms with E-state index in [1.54, 1.807) is 7.11 Å². The Hall–Kier alpha value is -2.07. The van der Waals surface area contributed by atoms with E-state index in [0.717, 1.165) is 22.7 Å². The van der Waals surface area contributed by atoms with Gasteiger partial charge in [0.1, 0.15) is 18.1 Å². The smallest absolute Gasteiger partial charge is 0.130 e. The van der Waals surface area contributed by atoms with Crippen LogP contribution in [0.15, 0.2) is 36.4 Å². The van der Waals surface area contributed by atoms with Gasteiger partial charge < -0.3 is 14.6 Å². The van der Waals surface area contributed by atoms with Crippen molar-refractivity contribution in [3.63, 3.8) is 0 Å². The summed E-state index contributed by atoms with van der Waals surface area (Å²) in [5.74, 6) is 1.44. The van der Waals surface area contributed by atoms with Crippen molar-refractivity contribution in [2.75, 3.05) is 7.11 Å². The van der Waals surface area contributed by atoms with E-state index >= 15 is 0 Å². The summed E-state index contributed by atoms with van der Waals surface area (Å²) in [6.45, 7) is 2.21. The predicted molar refractivity (Wildman–Crippen MR) is 72.2 cm³/mol. The van der Waals surface area contributed by atoms with Crippen LogP contribution in [0.5, 0.6) is 11.5 Å². The standard InChI is InChI=1S/C15H17NO3/c1-11-7-14(18-2)8-13(16-11)10-19-15-6-4-3-5-12(15)9-17/h3-8,17H,9-10H2,1-2H3. The molecule has 1 N–H and O–H groups in total. The molecule has 4 heteroatoms. The second kappa shape index (κ2) is 6.20. The normalized spacial score (nSPS) is 10.3. The summed E-state index contributed by atoms with van der Waals surface area (Å²) in [7, 11) is 1.63. The molecule has 4 nitrogen and oxygen atoms in total. The van der Waals surface area contributed by atoms with Crippen LogP contribution in [0.25, 0.3) is 0 Å². The number of aliphatic hydroxyl groups excluding tert-OH is 1. The van der Waals surface area contributed by atoms with Gasteiger partial charge in [0.25, 0.3) is 0 Å². The van der Waals surface area contributed by atoms with E-state index < -0.39 is 0 Å². The van der Waals surface area contributed by atoms with Gasteiger partial charge >= 0.3 is 0 Å². The van der Waals surface area contributed by atoms with Gasteiger partial charge in [-0.05, 0) is 13.0 Å². The van der Waals surface area contributed by atoms with Crippen LogP contribution >= 0.6 is 0 Å². The minimum atomic E-state index is -0.0409. The topological polar surface area (TPSA) is 51.6 Å². The van der Waals surface area contributed by atoms with Gasteiger partial charge in [-0.2, -0.15) is 0 Å². The molecular weight excluding hydrogens is 242 g/mol. The third-order valence-corrected chi connectivity index (χ3v) is 2.73. The third-order valence-electron chi connectivity index (χ3n) is 2.73. The average molecular weight is 259 g/mol. The van der Waals surface area contributed by atoms with Crippen molar-refractivity contribution in [1.29, 1.82) is 0 Å². The Morgan fingerprint density at radius 3 is 2.74 bits per heavy atom. The first-order valence-corrected chi connectivity index (χ1v) is 6.06. The van der Waals surface area contributed by atoms with Crippen molar-refractivity contribution < 1.29 is 14.6 Å². The summed E-state index contributed by atoms with van der Waals surface area (Å²) in [5.41, 5.74) is 2.44. The Morgan fingerprint density at radius 2 is 2.00 bits per heavy atom. The Morgan fingerprint density at radius 1 is 1.21 bits per heavy atom. The predicted octanol–water partition coefficient (Wildman–Crippen LogP) is 2.47. The maximum absolute atomic E-state index is 9.23. The van der Waals surface area contributed by atoms with E-state index in [0.29, 0.717) is 12.4 Å². The van der Waals surface area contributed by atoms with Gasteiger partial charge in [0.05, 0.1) is 19.4 Å². The molecule has 2 rings (SSSR count). The molecule has 1 heterocycles. The summed E-state index contributed by atoms with van der Waals surface area (Å²) < 4.78 is 10.9. The van der Waals surface area contributed by atoms with Gasteiger partial charge in [-0.15, -0.1) is 0 Å². The molecule has 0 saturated heterocycles. The van der Waals surface area contributed by atoms with Crippen molar-refractivity contribution in [3.05, 3.63) is 53.3 Å².